The number of carboxylic acid groups (broad SMARTS) is 1. The summed E-state index contributed by atoms with van der Waals surface area (Å²) in [6.45, 7) is 3.25. The minimum absolute atomic E-state index is 0.0703. The Morgan fingerprint density at radius 1 is 1.10 bits per heavy atom. The molecule has 2 aromatic carbocycles. The summed E-state index contributed by atoms with van der Waals surface area (Å²) in [6, 6.07) is 13.4. The van der Waals surface area contributed by atoms with Crippen LogP contribution in [0.2, 0.25) is 0 Å². The number of carbonyl (C=O) groups is 2. The molecule has 4 nitrogen and oxygen atoms in total. The van der Waals surface area contributed by atoms with Crippen molar-refractivity contribution in [1.29, 1.82) is 0 Å². The van der Waals surface area contributed by atoms with E-state index in [1.165, 1.54) is 6.92 Å². The number of rotatable bonds is 4. The van der Waals surface area contributed by atoms with Crippen molar-refractivity contribution in [3.05, 3.63) is 53.6 Å². The third kappa shape index (κ3) is 3.69. The average Bonchev–Trinajstić information content (AvgIpc) is 2.43. The van der Waals surface area contributed by atoms with Crippen LogP contribution in [-0.2, 0) is 16.0 Å². The molecule has 0 bridgehead atoms. The van der Waals surface area contributed by atoms with Crippen LogP contribution in [-0.4, -0.2) is 17.0 Å². The number of anilines is 1. The van der Waals surface area contributed by atoms with E-state index in [2.05, 4.69) is 5.32 Å². The third-order valence-corrected chi connectivity index (χ3v) is 3.27. The van der Waals surface area contributed by atoms with Gasteiger partial charge in [0.2, 0.25) is 5.91 Å². The molecule has 0 aliphatic heterocycles. The Kier molecular flexibility index (Phi) is 4.38. The van der Waals surface area contributed by atoms with Gasteiger partial charge in [0.15, 0.2) is 0 Å². The Labute approximate surface area is 123 Å². The molecule has 0 aliphatic rings. The second-order valence-electron chi connectivity index (χ2n) is 4.93. The first-order valence-electron chi connectivity index (χ1n) is 6.65. The Hall–Kier alpha value is -2.62. The fourth-order valence-electron chi connectivity index (χ4n) is 2.24. The summed E-state index contributed by atoms with van der Waals surface area (Å²) >= 11 is 0. The normalized spacial score (nSPS) is 10.2. The Bertz CT molecular complexity index is 641. The first-order valence-corrected chi connectivity index (χ1v) is 6.65. The number of aliphatic carboxylic acids is 1. The van der Waals surface area contributed by atoms with E-state index in [4.69, 9.17) is 5.11 Å². The highest BCUT2D eigenvalue weighted by atomic mass is 16.4. The van der Waals surface area contributed by atoms with Crippen LogP contribution in [0.3, 0.4) is 0 Å². The lowest BCUT2D eigenvalue weighted by Crippen LogP contribution is -2.10. The minimum Gasteiger partial charge on any atom is -0.481 e. The molecule has 0 atom stereocenters. The summed E-state index contributed by atoms with van der Waals surface area (Å²) in [5.41, 5.74) is 4.01. The minimum atomic E-state index is -0.892. The lowest BCUT2D eigenvalue weighted by Gasteiger charge is -2.14. The molecule has 0 saturated heterocycles. The molecule has 0 fully saturated rings. The van der Waals surface area contributed by atoms with E-state index >= 15 is 0 Å². The molecule has 108 valence electrons. The Morgan fingerprint density at radius 3 is 2.33 bits per heavy atom. The Balaban J connectivity index is 2.55. The van der Waals surface area contributed by atoms with Crippen LogP contribution in [0, 0.1) is 6.92 Å². The van der Waals surface area contributed by atoms with E-state index in [-0.39, 0.29) is 12.3 Å². The van der Waals surface area contributed by atoms with Gasteiger partial charge in [-0.15, -0.1) is 0 Å². The van der Waals surface area contributed by atoms with Gasteiger partial charge in [-0.2, -0.15) is 0 Å². The van der Waals surface area contributed by atoms with Crippen LogP contribution in [0.15, 0.2) is 42.5 Å². The van der Waals surface area contributed by atoms with Crippen LogP contribution in [0.25, 0.3) is 11.1 Å². The first kappa shape index (κ1) is 14.8. The third-order valence-electron chi connectivity index (χ3n) is 3.27. The molecule has 2 N–H and O–H groups in total. The number of hydrogen-bond donors (Lipinski definition) is 2. The fourth-order valence-corrected chi connectivity index (χ4v) is 2.24. The smallest absolute Gasteiger partial charge is 0.307 e. The molecule has 4 heteroatoms. The van der Waals surface area contributed by atoms with E-state index < -0.39 is 5.97 Å². The van der Waals surface area contributed by atoms with Gasteiger partial charge in [-0.1, -0.05) is 36.4 Å². The second-order valence-corrected chi connectivity index (χ2v) is 4.93. The average molecular weight is 283 g/mol. The van der Waals surface area contributed by atoms with Gasteiger partial charge in [0.05, 0.1) is 6.42 Å². The number of benzene rings is 2. The van der Waals surface area contributed by atoms with Crippen LogP contribution >= 0.6 is 0 Å². The topological polar surface area (TPSA) is 66.4 Å². The van der Waals surface area contributed by atoms with Crippen LogP contribution in [0.5, 0.6) is 0 Å². The molecule has 0 spiro atoms. The first-order chi connectivity index (χ1) is 9.97. The van der Waals surface area contributed by atoms with E-state index in [0.717, 1.165) is 16.7 Å². The molecular weight excluding hydrogens is 266 g/mol. The molecule has 0 radical (unpaired) electrons. The number of carboxylic acids is 1. The standard InChI is InChI=1S/C17H17NO3/c1-11-14(10-17(20)21)8-15(9-16(11)18-12(2)19)13-6-4-3-5-7-13/h3-9H,10H2,1-2H3,(H,18,19)(H,20,21). The predicted molar refractivity (Wildman–Crippen MR) is 82.3 cm³/mol. The molecule has 2 rings (SSSR count). The highest BCUT2D eigenvalue weighted by molar-refractivity contribution is 5.91. The van der Waals surface area contributed by atoms with Crippen LogP contribution in [0.4, 0.5) is 5.69 Å². The fraction of sp³-hybridized carbons (Fsp3) is 0.176. The summed E-state index contributed by atoms with van der Waals surface area (Å²) < 4.78 is 0. The van der Waals surface area contributed by atoms with E-state index in [0.29, 0.717) is 11.3 Å². The molecule has 0 aromatic heterocycles. The van der Waals surface area contributed by atoms with Gasteiger partial charge < -0.3 is 10.4 Å². The number of amides is 1. The summed E-state index contributed by atoms with van der Waals surface area (Å²) in [6.07, 6.45) is -0.0703. The van der Waals surface area contributed by atoms with Crippen molar-refractivity contribution in [3.63, 3.8) is 0 Å². The molecule has 1 amide bonds. The van der Waals surface area contributed by atoms with Gasteiger partial charge in [0.25, 0.3) is 0 Å². The number of hydrogen-bond acceptors (Lipinski definition) is 2. The highest BCUT2D eigenvalue weighted by Gasteiger charge is 2.12. The van der Waals surface area contributed by atoms with Crippen molar-refractivity contribution in [2.45, 2.75) is 20.3 Å². The lowest BCUT2D eigenvalue weighted by molar-refractivity contribution is -0.136. The van der Waals surface area contributed by atoms with Gasteiger partial charge in [0, 0.05) is 12.6 Å². The highest BCUT2D eigenvalue weighted by Crippen LogP contribution is 2.29. The van der Waals surface area contributed by atoms with Crippen molar-refractivity contribution in [1.82, 2.24) is 0 Å². The molecular formula is C17H17NO3. The van der Waals surface area contributed by atoms with Gasteiger partial charge >= 0.3 is 5.97 Å². The van der Waals surface area contributed by atoms with Crippen molar-refractivity contribution in [2.24, 2.45) is 0 Å². The summed E-state index contributed by atoms with van der Waals surface area (Å²) in [5, 5.41) is 11.8. The molecule has 0 aliphatic carbocycles. The maximum atomic E-state index is 11.3. The van der Waals surface area contributed by atoms with E-state index in [1.54, 1.807) is 0 Å². The zero-order valence-electron chi connectivity index (χ0n) is 12.0. The van der Waals surface area contributed by atoms with Crippen molar-refractivity contribution < 1.29 is 14.7 Å². The zero-order chi connectivity index (χ0) is 15.4. The monoisotopic (exact) mass is 283 g/mol. The molecule has 0 unspecified atom stereocenters. The van der Waals surface area contributed by atoms with E-state index in [1.807, 2.05) is 49.4 Å². The van der Waals surface area contributed by atoms with Crippen molar-refractivity contribution in [2.75, 3.05) is 5.32 Å². The quantitative estimate of drug-likeness (QED) is 0.905. The molecule has 2 aromatic rings. The summed E-state index contributed by atoms with van der Waals surface area (Å²) in [4.78, 5) is 22.3. The largest absolute Gasteiger partial charge is 0.481 e. The predicted octanol–water partition coefficient (Wildman–Crippen LogP) is 3.25. The molecule has 0 saturated carbocycles. The van der Waals surface area contributed by atoms with Gasteiger partial charge in [-0.3, -0.25) is 9.59 Å². The molecule has 0 heterocycles. The van der Waals surface area contributed by atoms with Gasteiger partial charge in [0.1, 0.15) is 0 Å². The summed E-state index contributed by atoms with van der Waals surface area (Å²) in [5.74, 6) is -1.07. The zero-order valence-corrected chi connectivity index (χ0v) is 12.0. The lowest BCUT2D eigenvalue weighted by atomic mass is 9.96. The number of carbonyl (C=O) groups excluding carboxylic acids is 1. The summed E-state index contributed by atoms with van der Waals surface area (Å²) in [7, 11) is 0. The molecule has 21 heavy (non-hydrogen) atoms. The van der Waals surface area contributed by atoms with Crippen LogP contribution < -0.4 is 5.32 Å². The van der Waals surface area contributed by atoms with E-state index in [9.17, 15) is 9.59 Å². The van der Waals surface area contributed by atoms with Gasteiger partial charge in [-0.05, 0) is 35.2 Å². The van der Waals surface area contributed by atoms with Crippen molar-refractivity contribution >= 4 is 17.6 Å². The van der Waals surface area contributed by atoms with Crippen molar-refractivity contribution in [3.8, 4) is 11.1 Å². The second kappa shape index (κ2) is 6.22. The number of nitrogens with one attached hydrogen (secondary N) is 1. The maximum Gasteiger partial charge on any atom is 0.307 e. The SMILES string of the molecule is CC(=O)Nc1cc(-c2ccccc2)cc(CC(=O)O)c1C. The Morgan fingerprint density at radius 2 is 1.76 bits per heavy atom. The van der Waals surface area contributed by atoms with Gasteiger partial charge in [-0.25, -0.2) is 0 Å². The van der Waals surface area contributed by atoms with Crippen LogP contribution in [0.1, 0.15) is 18.1 Å². The maximum absolute atomic E-state index is 11.3.